The molecule has 1 heterocycles. The molecule has 2 rings (SSSR count). The van der Waals surface area contributed by atoms with Crippen LogP contribution in [0.2, 0.25) is 0 Å². The SMILES string of the molecule is Cc1cc2cc(CNS(=O)(=O)NC(C)C)ccc2[nH]1. The van der Waals surface area contributed by atoms with Gasteiger partial charge in [0.15, 0.2) is 0 Å². The molecule has 6 heteroatoms. The molecule has 0 aliphatic rings. The summed E-state index contributed by atoms with van der Waals surface area (Å²) in [5.41, 5.74) is 3.08. The smallest absolute Gasteiger partial charge is 0.277 e. The molecule has 1 aromatic heterocycles. The lowest BCUT2D eigenvalue weighted by molar-refractivity contribution is 0.554. The van der Waals surface area contributed by atoms with E-state index in [1.807, 2.05) is 31.2 Å². The third kappa shape index (κ3) is 3.79. The van der Waals surface area contributed by atoms with Crippen LogP contribution >= 0.6 is 0 Å². The number of hydrogen-bond donors (Lipinski definition) is 3. The van der Waals surface area contributed by atoms with Crippen molar-refractivity contribution in [1.82, 2.24) is 14.4 Å². The molecular weight excluding hydrogens is 262 g/mol. The average molecular weight is 281 g/mol. The van der Waals surface area contributed by atoms with Crippen LogP contribution in [0.1, 0.15) is 25.1 Å². The van der Waals surface area contributed by atoms with Crippen molar-refractivity contribution in [3.63, 3.8) is 0 Å². The van der Waals surface area contributed by atoms with Crippen LogP contribution in [0.3, 0.4) is 0 Å². The van der Waals surface area contributed by atoms with Gasteiger partial charge in [-0.15, -0.1) is 0 Å². The van der Waals surface area contributed by atoms with E-state index in [9.17, 15) is 8.42 Å². The van der Waals surface area contributed by atoms with E-state index in [1.165, 1.54) is 0 Å². The van der Waals surface area contributed by atoms with Gasteiger partial charge in [-0.1, -0.05) is 6.07 Å². The molecule has 0 spiro atoms. The number of aryl methyl sites for hydroxylation is 1. The number of fused-ring (bicyclic) bond motifs is 1. The molecule has 0 saturated heterocycles. The van der Waals surface area contributed by atoms with Gasteiger partial charge >= 0.3 is 0 Å². The Morgan fingerprint density at radius 3 is 2.68 bits per heavy atom. The fourth-order valence-corrected chi connectivity index (χ4v) is 3.03. The Bertz CT molecular complexity index is 674. The molecule has 0 atom stereocenters. The summed E-state index contributed by atoms with van der Waals surface area (Å²) in [7, 11) is -3.43. The summed E-state index contributed by atoms with van der Waals surface area (Å²) < 4.78 is 28.3. The Balaban J connectivity index is 2.09. The van der Waals surface area contributed by atoms with Gasteiger partial charge in [0.2, 0.25) is 0 Å². The largest absolute Gasteiger partial charge is 0.359 e. The zero-order chi connectivity index (χ0) is 14.0. The molecule has 3 N–H and O–H groups in total. The van der Waals surface area contributed by atoms with Crippen molar-refractivity contribution in [1.29, 1.82) is 0 Å². The first-order chi connectivity index (χ1) is 8.85. The average Bonchev–Trinajstić information content (AvgIpc) is 2.64. The van der Waals surface area contributed by atoms with E-state index in [0.29, 0.717) is 0 Å². The summed E-state index contributed by atoms with van der Waals surface area (Å²) in [5.74, 6) is 0. The molecule has 5 nitrogen and oxygen atoms in total. The van der Waals surface area contributed by atoms with Crippen molar-refractivity contribution in [2.24, 2.45) is 0 Å². The van der Waals surface area contributed by atoms with E-state index in [4.69, 9.17) is 0 Å². The number of rotatable bonds is 5. The highest BCUT2D eigenvalue weighted by molar-refractivity contribution is 7.87. The van der Waals surface area contributed by atoms with Crippen LogP contribution < -0.4 is 9.44 Å². The lowest BCUT2D eigenvalue weighted by Gasteiger charge is -2.10. The Morgan fingerprint density at radius 1 is 1.26 bits per heavy atom. The maximum atomic E-state index is 11.7. The third-order valence-corrected chi connectivity index (χ3v) is 3.98. The molecule has 2 aromatic rings. The van der Waals surface area contributed by atoms with E-state index >= 15 is 0 Å². The number of H-pyrrole nitrogens is 1. The molecular formula is C13H19N3O2S. The maximum absolute atomic E-state index is 11.7. The van der Waals surface area contributed by atoms with Crippen molar-refractivity contribution in [3.8, 4) is 0 Å². The summed E-state index contributed by atoms with van der Waals surface area (Å²) in [6.45, 7) is 5.85. The number of hydrogen-bond acceptors (Lipinski definition) is 2. The van der Waals surface area contributed by atoms with Gasteiger partial charge in [-0.2, -0.15) is 17.9 Å². The first-order valence-corrected chi connectivity index (χ1v) is 7.69. The summed E-state index contributed by atoms with van der Waals surface area (Å²) in [6.07, 6.45) is 0. The van der Waals surface area contributed by atoms with Gasteiger partial charge in [-0.05, 0) is 49.9 Å². The van der Waals surface area contributed by atoms with Crippen molar-refractivity contribution in [2.75, 3.05) is 0 Å². The van der Waals surface area contributed by atoms with Crippen LogP contribution in [0.25, 0.3) is 10.9 Å². The highest BCUT2D eigenvalue weighted by atomic mass is 32.2. The molecule has 19 heavy (non-hydrogen) atoms. The first-order valence-electron chi connectivity index (χ1n) is 6.21. The standard InChI is InChI=1S/C13H19N3O2S/c1-9(2)16-19(17,18)14-8-11-4-5-13-12(7-11)6-10(3)15-13/h4-7,9,14-16H,8H2,1-3H3. The van der Waals surface area contributed by atoms with Gasteiger partial charge in [0, 0.05) is 23.8 Å². The predicted octanol–water partition coefficient (Wildman–Crippen LogP) is 1.81. The van der Waals surface area contributed by atoms with Crippen LogP contribution in [-0.2, 0) is 16.8 Å². The zero-order valence-electron chi connectivity index (χ0n) is 11.3. The van der Waals surface area contributed by atoms with Gasteiger partial charge in [0.05, 0.1) is 0 Å². The number of aromatic amines is 1. The van der Waals surface area contributed by atoms with Crippen molar-refractivity contribution in [3.05, 3.63) is 35.5 Å². The Morgan fingerprint density at radius 2 is 2.00 bits per heavy atom. The summed E-state index contributed by atoms with van der Waals surface area (Å²) in [5, 5.41) is 1.09. The van der Waals surface area contributed by atoms with Crippen LogP contribution in [0.15, 0.2) is 24.3 Å². The van der Waals surface area contributed by atoms with E-state index < -0.39 is 10.2 Å². The minimum Gasteiger partial charge on any atom is -0.359 e. The summed E-state index contributed by atoms with van der Waals surface area (Å²) >= 11 is 0. The minimum atomic E-state index is -3.43. The Kier molecular flexibility index (Phi) is 3.93. The number of aromatic nitrogens is 1. The second-order valence-corrected chi connectivity index (χ2v) is 6.50. The normalized spacial score (nSPS) is 12.4. The molecule has 1 aromatic carbocycles. The quantitative estimate of drug-likeness (QED) is 0.782. The fraction of sp³-hybridized carbons (Fsp3) is 0.385. The van der Waals surface area contributed by atoms with Gasteiger partial charge in [-0.25, -0.2) is 0 Å². The predicted molar refractivity (Wildman–Crippen MR) is 77.1 cm³/mol. The second-order valence-electron chi connectivity index (χ2n) is 4.97. The van der Waals surface area contributed by atoms with E-state index in [1.54, 1.807) is 13.8 Å². The maximum Gasteiger partial charge on any atom is 0.277 e. The Labute approximate surface area is 113 Å². The lowest BCUT2D eigenvalue weighted by atomic mass is 10.1. The molecule has 0 unspecified atom stereocenters. The van der Waals surface area contributed by atoms with E-state index in [2.05, 4.69) is 14.4 Å². The van der Waals surface area contributed by atoms with Crippen LogP contribution in [-0.4, -0.2) is 19.4 Å². The van der Waals surface area contributed by atoms with Crippen molar-refractivity contribution >= 4 is 21.1 Å². The number of nitrogens with one attached hydrogen (secondary N) is 3. The molecule has 0 bridgehead atoms. The molecule has 0 amide bonds. The first kappa shape index (κ1) is 14.0. The van der Waals surface area contributed by atoms with Crippen LogP contribution in [0, 0.1) is 6.92 Å². The van der Waals surface area contributed by atoms with Gasteiger partial charge in [0.1, 0.15) is 0 Å². The van der Waals surface area contributed by atoms with E-state index in [0.717, 1.165) is 22.2 Å². The highest BCUT2D eigenvalue weighted by Gasteiger charge is 2.10. The van der Waals surface area contributed by atoms with Gasteiger partial charge < -0.3 is 4.98 Å². The third-order valence-electron chi connectivity index (χ3n) is 2.68. The van der Waals surface area contributed by atoms with Gasteiger partial charge in [0.25, 0.3) is 10.2 Å². The fourth-order valence-electron chi connectivity index (χ4n) is 1.97. The number of benzene rings is 1. The van der Waals surface area contributed by atoms with Crippen LogP contribution in [0.4, 0.5) is 0 Å². The zero-order valence-corrected chi connectivity index (χ0v) is 12.1. The van der Waals surface area contributed by atoms with Crippen LogP contribution in [0.5, 0.6) is 0 Å². The molecule has 104 valence electrons. The summed E-state index contributed by atoms with van der Waals surface area (Å²) in [4.78, 5) is 3.23. The molecule has 0 radical (unpaired) electrons. The van der Waals surface area contributed by atoms with Crippen molar-refractivity contribution < 1.29 is 8.42 Å². The molecule has 0 aliphatic heterocycles. The van der Waals surface area contributed by atoms with E-state index in [-0.39, 0.29) is 12.6 Å². The lowest BCUT2D eigenvalue weighted by Crippen LogP contribution is -2.39. The Hall–Kier alpha value is -1.37. The van der Waals surface area contributed by atoms with Gasteiger partial charge in [-0.3, -0.25) is 0 Å². The monoisotopic (exact) mass is 281 g/mol. The molecule has 0 fully saturated rings. The topological polar surface area (TPSA) is 74.0 Å². The highest BCUT2D eigenvalue weighted by Crippen LogP contribution is 2.16. The summed E-state index contributed by atoms with van der Waals surface area (Å²) in [6, 6.07) is 7.78. The molecule has 0 aliphatic carbocycles. The minimum absolute atomic E-state index is 0.118. The molecule has 0 saturated carbocycles. The second kappa shape index (κ2) is 5.32. The van der Waals surface area contributed by atoms with Crippen molar-refractivity contribution in [2.45, 2.75) is 33.4 Å².